The first-order valence-corrected chi connectivity index (χ1v) is 11.2. The van der Waals surface area contributed by atoms with E-state index in [-0.39, 0.29) is 24.5 Å². The molecular weight excluding hydrogens is 422 g/mol. The summed E-state index contributed by atoms with van der Waals surface area (Å²) in [5.41, 5.74) is 1.09. The molecule has 0 saturated carbocycles. The van der Waals surface area contributed by atoms with Gasteiger partial charge in [-0.2, -0.15) is 0 Å². The van der Waals surface area contributed by atoms with Gasteiger partial charge in [-0.3, -0.25) is 9.59 Å². The number of hydrogen-bond acceptors (Lipinski definition) is 6. The average molecular weight is 454 g/mol. The molecule has 0 spiro atoms. The molecule has 7 heteroatoms. The van der Waals surface area contributed by atoms with Crippen molar-refractivity contribution in [2.75, 3.05) is 26.4 Å². The molecule has 0 aliphatic carbocycles. The Morgan fingerprint density at radius 3 is 2.42 bits per heavy atom. The van der Waals surface area contributed by atoms with Gasteiger partial charge in [0.15, 0.2) is 0 Å². The standard InChI is InChI=1S/C26H31NO6/c1-4-11-27-23(18-7-5-9-20(14-18)32-13-12-28)22(25(30)26(27)31)24(29)19-8-6-10-21(15-19)33-16-17(2)3/h5-10,14-15,17,23,28-29H,4,11-13,16H2,1-3H3/b24-22-. The molecular formula is C26H31NO6. The van der Waals surface area contributed by atoms with Gasteiger partial charge >= 0.3 is 0 Å². The van der Waals surface area contributed by atoms with Gasteiger partial charge in [0.1, 0.15) is 23.9 Å². The van der Waals surface area contributed by atoms with E-state index >= 15 is 0 Å². The molecule has 1 unspecified atom stereocenters. The molecule has 1 amide bonds. The Labute approximate surface area is 194 Å². The molecule has 1 aliphatic heterocycles. The first kappa shape index (κ1) is 24.3. The third-order valence-electron chi connectivity index (χ3n) is 5.23. The molecule has 1 saturated heterocycles. The van der Waals surface area contributed by atoms with Crippen LogP contribution in [0.1, 0.15) is 44.4 Å². The molecule has 3 rings (SSSR count). The van der Waals surface area contributed by atoms with Gasteiger partial charge in [-0.25, -0.2) is 0 Å². The van der Waals surface area contributed by atoms with Crippen molar-refractivity contribution in [2.24, 2.45) is 5.92 Å². The molecule has 176 valence electrons. The molecule has 1 fully saturated rings. The molecule has 0 aromatic heterocycles. The lowest BCUT2D eigenvalue weighted by molar-refractivity contribution is -0.139. The fourth-order valence-corrected chi connectivity index (χ4v) is 3.79. The zero-order chi connectivity index (χ0) is 24.0. The van der Waals surface area contributed by atoms with Crippen LogP contribution in [0.4, 0.5) is 0 Å². The predicted octanol–water partition coefficient (Wildman–Crippen LogP) is 3.92. The molecule has 1 atom stereocenters. The number of amides is 1. The van der Waals surface area contributed by atoms with E-state index in [0.29, 0.717) is 48.1 Å². The van der Waals surface area contributed by atoms with Crippen molar-refractivity contribution in [1.29, 1.82) is 0 Å². The molecule has 7 nitrogen and oxygen atoms in total. The number of hydrogen-bond donors (Lipinski definition) is 2. The molecule has 2 aromatic carbocycles. The first-order valence-electron chi connectivity index (χ1n) is 11.2. The highest BCUT2D eigenvalue weighted by atomic mass is 16.5. The Morgan fingerprint density at radius 1 is 1.06 bits per heavy atom. The van der Waals surface area contributed by atoms with Crippen molar-refractivity contribution in [3.63, 3.8) is 0 Å². The molecule has 0 radical (unpaired) electrons. The third-order valence-corrected chi connectivity index (χ3v) is 5.23. The van der Waals surface area contributed by atoms with Gasteiger partial charge in [-0.15, -0.1) is 0 Å². The zero-order valence-electron chi connectivity index (χ0n) is 19.3. The Kier molecular flexibility index (Phi) is 8.11. The molecule has 1 aliphatic rings. The van der Waals surface area contributed by atoms with E-state index in [1.807, 2.05) is 20.8 Å². The van der Waals surface area contributed by atoms with E-state index in [1.54, 1.807) is 48.5 Å². The summed E-state index contributed by atoms with van der Waals surface area (Å²) in [6.45, 7) is 6.88. The largest absolute Gasteiger partial charge is 0.507 e. The van der Waals surface area contributed by atoms with Gasteiger partial charge in [0.25, 0.3) is 11.7 Å². The highest BCUT2D eigenvalue weighted by molar-refractivity contribution is 6.46. The lowest BCUT2D eigenvalue weighted by Crippen LogP contribution is -2.30. The Balaban J connectivity index is 2.07. The third kappa shape index (κ3) is 5.54. The van der Waals surface area contributed by atoms with Gasteiger partial charge < -0.3 is 24.6 Å². The number of carbonyl (C=O) groups excluding carboxylic acids is 2. The maximum Gasteiger partial charge on any atom is 0.295 e. The fourth-order valence-electron chi connectivity index (χ4n) is 3.79. The van der Waals surface area contributed by atoms with Crippen molar-refractivity contribution < 1.29 is 29.3 Å². The topological polar surface area (TPSA) is 96.3 Å². The number of nitrogens with zero attached hydrogens (tertiary/aromatic N) is 1. The number of aliphatic hydroxyl groups excluding tert-OH is 2. The maximum absolute atomic E-state index is 13.0. The van der Waals surface area contributed by atoms with E-state index in [2.05, 4.69) is 0 Å². The van der Waals surface area contributed by atoms with Gasteiger partial charge in [0, 0.05) is 12.1 Å². The smallest absolute Gasteiger partial charge is 0.295 e. The van der Waals surface area contributed by atoms with Gasteiger partial charge in [0.2, 0.25) is 0 Å². The molecule has 33 heavy (non-hydrogen) atoms. The summed E-state index contributed by atoms with van der Waals surface area (Å²) in [7, 11) is 0. The van der Waals surface area contributed by atoms with Crippen molar-refractivity contribution in [3.8, 4) is 11.5 Å². The SMILES string of the molecule is CCCN1C(=O)C(=O)/C(=C(\O)c2cccc(OCC(C)C)c2)C1c1cccc(OCCO)c1. The maximum atomic E-state index is 13.0. The van der Waals surface area contributed by atoms with Gasteiger partial charge in [0.05, 0.1) is 24.8 Å². The molecule has 0 bridgehead atoms. The van der Waals surface area contributed by atoms with Crippen molar-refractivity contribution >= 4 is 17.4 Å². The van der Waals surface area contributed by atoms with Crippen LogP contribution in [-0.4, -0.2) is 53.2 Å². The minimum Gasteiger partial charge on any atom is -0.507 e. The average Bonchev–Trinajstić information content (AvgIpc) is 3.06. The number of ketones is 1. The van der Waals surface area contributed by atoms with Gasteiger partial charge in [-0.05, 0) is 42.2 Å². The lowest BCUT2D eigenvalue weighted by atomic mass is 9.95. The number of benzene rings is 2. The number of rotatable bonds is 10. The normalized spacial score (nSPS) is 17.6. The number of Topliss-reactive ketones (excluding diaryl/α,β-unsaturated/α-hetero) is 1. The van der Waals surface area contributed by atoms with Crippen LogP contribution in [0.2, 0.25) is 0 Å². The first-order chi connectivity index (χ1) is 15.9. The Morgan fingerprint density at radius 2 is 1.76 bits per heavy atom. The quantitative estimate of drug-likeness (QED) is 0.322. The monoisotopic (exact) mass is 453 g/mol. The minimum absolute atomic E-state index is 0.0359. The zero-order valence-corrected chi connectivity index (χ0v) is 19.3. The second-order valence-corrected chi connectivity index (χ2v) is 8.37. The number of ether oxygens (including phenoxy) is 2. The summed E-state index contributed by atoms with van der Waals surface area (Å²) >= 11 is 0. The van der Waals surface area contributed by atoms with Crippen LogP contribution in [0.5, 0.6) is 11.5 Å². The number of likely N-dealkylation sites (tertiary alicyclic amines) is 1. The number of carbonyl (C=O) groups is 2. The van der Waals surface area contributed by atoms with Crippen molar-refractivity contribution in [1.82, 2.24) is 4.90 Å². The Hall–Kier alpha value is -3.32. The highest BCUT2D eigenvalue weighted by Crippen LogP contribution is 2.40. The summed E-state index contributed by atoms with van der Waals surface area (Å²) in [5.74, 6) is -0.187. The predicted molar refractivity (Wildman–Crippen MR) is 125 cm³/mol. The number of aliphatic hydroxyl groups is 2. The van der Waals surface area contributed by atoms with Crippen LogP contribution < -0.4 is 9.47 Å². The second-order valence-electron chi connectivity index (χ2n) is 8.37. The van der Waals surface area contributed by atoms with Crippen molar-refractivity contribution in [3.05, 3.63) is 65.2 Å². The van der Waals surface area contributed by atoms with Crippen LogP contribution in [-0.2, 0) is 9.59 Å². The van der Waals surface area contributed by atoms with Crippen LogP contribution >= 0.6 is 0 Å². The summed E-state index contributed by atoms with van der Waals surface area (Å²) < 4.78 is 11.3. The lowest BCUT2D eigenvalue weighted by Gasteiger charge is -2.25. The minimum atomic E-state index is -0.747. The van der Waals surface area contributed by atoms with Crippen LogP contribution in [0.3, 0.4) is 0 Å². The highest BCUT2D eigenvalue weighted by Gasteiger charge is 2.45. The summed E-state index contributed by atoms with van der Waals surface area (Å²) in [5, 5.41) is 20.2. The van der Waals surface area contributed by atoms with Gasteiger partial charge in [-0.1, -0.05) is 45.0 Å². The molecule has 1 heterocycles. The van der Waals surface area contributed by atoms with Crippen LogP contribution in [0.15, 0.2) is 54.1 Å². The van der Waals surface area contributed by atoms with E-state index in [4.69, 9.17) is 14.6 Å². The molecule has 2 aromatic rings. The van der Waals surface area contributed by atoms with E-state index in [1.165, 1.54) is 4.90 Å². The summed E-state index contributed by atoms with van der Waals surface area (Å²) in [6, 6.07) is 13.1. The summed E-state index contributed by atoms with van der Waals surface area (Å²) in [6.07, 6.45) is 0.656. The fraction of sp³-hybridized carbons (Fsp3) is 0.385. The Bertz CT molecular complexity index is 1030. The van der Waals surface area contributed by atoms with Crippen LogP contribution in [0.25, 0.3) is 5.76 Å². The summed E-state index contributed by atoms with van der Waals surface area (Å²) in [4.78, 5) is 27.4. The van der Waals surface area contributed by atoms with E-state index in [0.717, 1.165) is 0 Å². The van der Waals surface area contributed by atoms with E-state index < -0.39 is 17.7 Å². The van der Waals surface area contributed by atoms with Crippen LogP contribution in [0, 0.1) is 5.92 Å². The molecule has 2 N–H and O–H groups in total. The van der Waals surface area contributed by atoms with E-state index in [9.17, 15) is 14.7 Å². The van der Waals surface area contributed by atoms with Crippen molar-refractivity contribution in [2.45, 2.75) is 33.2 Å². The second kappa shape index (κ2) is 11.0.